The molecule has 0 bridgehead atoms. The first-order chi connectivity index (χ1) is 8.19. The van der Waals surface area contributed by atoms with Crippen LogP contribution in [0.5, 0.6) is 0 Å². The number of hydrogen-bond donors (Lipinski definition) is 2. The fraction of sp³-hybridized carbons (Fsp3) is 0.273. The molecular weight excluding hydrogens is 256 g/mol. The van der Waals surface area contributed by atoms with Gasteiger partial charge in [0, 0.05) is 23.7 Å². The number of aryl methyl sites for hydroxylation is 1. The van der Waals surface area contributed by atoms with Crippen LogP contribution in [0, 0.1) is 6.92 Å². The molecule has 0 saturated heterocycles. The summed E-state index contributed by atoms with van der Waals surface area (Å²) in [7, 11) is 1.80. The average Bonchev–Trinajstić information content (AvgIpc) is 2.74. The van der Waals surface area contributed by atoms with Crippen LogP contribution in [0.3, 0.4) is 0 Å². The summed E-state index contributed by atoms with van der Waals surface area (Å²) in [5.41, 5.74) is 1.02. The molecule has 0 fully saturated rings. The van der Waals surface area contributed by atoms with Gasteiger partial charge in [0.15, 0.2) is 0 Å². The van der Waals surface area contributed by atoms with Gasteiger partial charge >= 0.3 is 0 Å². The smallest absolute Gasteiger partial charge is 0.224 e. The van der Waals surface area contributed by atoms with E-state index in [4.69, 9.17) is 11.6 Å². The van der Waals surface area contributed by atoms with Crippen LogP contribution in [0.2, 0.25) is 4.34 Å². The lowest BCUT2D eigenvalue weighted by atomic mass is 10.3. The van der Waals surface area contributed by atoms with Gasteiger partial charge in [-0.3, -0.25) is 0 Å². The maximum absolute atomic E-state index is 5.88. The average molecular weight is 269 g/mol. The lowest BCUT2D eigenvalue weighted by Crippen LogP contribution is -2.05. The first-order valence-corrected chi connectivity index (χ1v) is 6.38. The van der Waals surface area contributed by atoms with E-state index in [0.717, 1.165) is 22.3 Å². The molecule has 0 aliphatic rings. The number of hydrogen-bond acceptors (Lipinski definition) is 5. The summed E-state index contributed by atoms with van der Waals surface area (Å²) in [6.07, 6.45) is 1.79. The van der Waals surface area contributed by atoms with Gasteiger partial charge in [0.05, 0.1) is 10.9 Å². The van der Waals surface area contributed by atoms with E-state index in [0.29, 0.717) is 5.95 Å². The van der Waals surface area contributed by atoms with E-state index >= 15 is 0 Å². The Bertz CT molecular complexity index is 512. The molecule has 0 aliphatic heterocycles. The SMILES string of the molecule is CNc1ncc(C)c(NCc2ccc(Cl)s2)n1. The third-order valence-corrected chi connectivity index (χ3v) is 3.49. The van der Waals surface area contributed by atoms with Crippen LogP contribution in [-0.2, 0) is 6.54 Å². The first-order valence-electron chi connectivity index (χ1n) is 5.18. The van der Waals surface area contributed by atoms with Crippen LogP contribution in [0.1, 0.15) is 10.4 Å². The summed E-state index contributed by atoms with van der Waals surface area (Å²) in [4.78, 5) is 9.67. The number of nitrogens with zero attached hydrogens (tertiary/aromatic N) is 2. The quantitative estimate of drug-likeness (QED) is 0.894. The zero-order valence-electron chi connectivity index (χ0n) is 9.62. The molecule has 2 heterocycles. The van der Waals surface area contributed by atoms with Gasteiger partial charge in [-0.15, -0.1) is 11.3 Å². The van der Waals surface area contributed by atoms with Crippen molar-refractivity contribution in [1.29, 1.82) is 0 Å². The number of halogens is 1. The molecule has 90 valence electrons. The van der Waals surface area contributed by atoms with Crippen molar-refractivity contribution in [2.75, 3.05) is 17.7 Å². The molecule has 0 atom stereocenters. The van der Waals surface area contributed by atoms with E-state index in [2.05, 4.69) is 20.6 Å². The van der Waals surface area contributed by atoms with Crippen molar-refractivity contribution in [3.05, 3.63) is 33.1 Å². The van der Waals surface area contributed by atoms with E-state index in [1.54, 1.807) is 24.6 Å². The molecule has 2 rings (SSSR count). The van der Waals surface area contributed by atoms with Gasteiger partial charge < -0.3 is 10.6 Å². The van der Waals surface area contributed by atoms with Crippen molar-refractivity contribution in [3.8, 4) is 0 Å². The Morgan fingerprint density at radius 2 is 2.24 bits per heavy atom. The summed E-state index contributed by atoms with van der Waals surface area (Å²) in [6, 6.07) is 3.91. The zero-order chi connectivity index (χ0) is 12.3. The van der Waals surface area contributed by atoms with Crippen LogP contribution < -0.4 is 10.6 Å². The summed E-state index contributed by atoms with van der Waals surface area (Å²) < 4.78 is 0.803. The van der Waals surface area contributed by atoms with Gasteiger partial charge in [0.25, 0.3) is 0 Å². The van der Waals surface area contributed by atoms with Crippen molar-refractivity contribution in [2.45, 2.75) is 13.5 Å². The molecule has 0 saturated carbocycles. The highest BCUT2D eigenvalue weighted by Gasteiger charge is 2.03. The molecule has 4 nitrogen and oxygen atoms in total. The second kappa shape index (κ2) is 5.33. The lowest BCUT2D eigenvalue weighted by molar-refractivity contribution is 1.07. The topological polar surface area (TPSA) is 49.8 Å². The fourth-order valence-electron chi connectivity index (χ4n) is 1.36. The minimum absolute atomic E-state index is 0.613. The Balaban J connectivity index is 2.07. The highest BCUT2D eigenvalue weighted by molar-refractivity contribution is 7.16. The highest BCUT2D eigenvalue weighted by atomic mass is 35.5. The van der Waals surface area contributed by atoms with Crippen LogP contribution >= 0.6 is 22.9 Å². The molecule has 17 heavy (non-hydrogen) atoms. The summed E-state index contributed by atoms with van der Waals surface area (Å²) in [5, 5.41) is 6.19. The molecule has 0 spiro atoms. The van der Waals surface area contributed by atoms with Crippen molar-refractivity contribution in [1.82, 2.24) is 9.97 Å². The number of nitrogens with one attached hydrogen (secondary N) is 2. The fourth-order valence-corrected chi connectivity index (χ4v) is 2.39. The molecule has 0 unspecified atom stereocenters. The standard InChI is InChI=1S/C11H13ClN4S/c1-7-5-15-11(13-2)16-10(7)14-6-8-3-4-9(12)17-8/h3-5H,6H2,1-2H3,(H2,13,14,15,16). The van der Waals surface area contributed by atoms with E-state index in [9.17, 15) is 0 Å². The second-order valence-corrected chi connectivity index (χ2v) is 5.33. The first kappa shape index (κ1) is 12.1. The van der Waals surface area contributed by atoms with Crippen molar-refractivity contribution in [3.63, 3.8) is 0 Å². The monoisotopic (exact) mass is 268 g/mol. The molecule has 0 radical (unpaired) electrons. The van der Waals surface area contributed by atoms with Gasteiger partial charge in [0.2, 0.25) is 5.95 Å². The summed E-state index contributed by atoms with van der Waals surface area (Å²) in [5.74, 6) is 1.45. The van der Waals surface area contributed by atoms with Crippen LogP contribution in [-0.4, -0.2) is 17.0 Å². The van der Waals surface area contributed by atoms with E-state index in [1.807, 2.05) is 19.1 Å². The number of aromatic nitrogens is 2. The van der Waals surface area contributed by atoms with Gasteiger partial charge in [-0.25, -0.2) is 4.98 Å². The van der Waals surface area contributed by atoms with E-state index < -0.39 is 0 Å². The van der Waals surface area contributed by atoms with Crippen LogP contribution in [0.4, 0.5) is 11.8 Å². The molecule has 2 aromatic heterocycles. The largest absolute Gasteiger partial charge is 0.365 e. The Hall–Kier alpha value is -1.33. The second-order valence-electron chi connectivity index (χ2n) is 3.53. The molecule has 0 amide bonds. The third-order valence-electron chi connectivity index (χ3n) is 2.25. The molecule has 2 aromatic rings. The normalized spacial score (nSPS) is 10.3. The third kappa shape index (κ3) is 3.08. The van der Waals surface area contributed by atoms with E-state index in [1.165, 1.54) is 4.88 Å². The van der Waals surface area contributed by atoms with E-state index in [-0.39, 0.29) is 0 Å². The minimum Gasteiger partial charge on any atom is -0.365 e. The van der Waals surface area contributed by atoms with Crippen molar-refractivity contribution in [2.24, 2.45) is 0 Å². The highest BCUT2D eigenvalue weighted by Crippen LogP contribution is 2.22. The maximum Gasteiger partial charge on any atom is 0.224 e. The van der Waals surface area contributed by atoms with Crippen molar-refractivity contribution >= 4 is 34.7 Å². The number of anilines is 2. The lowest BCUT2D eigenvalue weighted by Gasteiger charge is -2.08. The summed E-state index contributed by atoms with van der Waals surface area (Å²) >= 11 is 7.44. The van der Waals surface area contributed by atoms with Crippen LogP contribution in [0.15, 0.2) is 18.3 Å². The summed E-state index contributed by atoms with van der Waals surface area (Å²) in [6.45, 7) is 2.70. The molecule has 6 heteroatoms. The van der Waals surface area contributed by atoms with Gasteiger partial charge in [0.1, 0.15) is 5.82 Å². The van der Waals surface area contributed by atoms with Gasteiger partial charge in [-0.2, -0.15) is 4.98 Å². The Morgan fingerprint density at radius 1 is 1.41 bits per heavy atom. The Morgan fingerprint density at radius 3 is 2.88 bits per heavy atom. The Labute approximate surface area is 109 Å². The number of thiophene rings is 1. The molecule has 0 aromatic carbocycles. The molecule has 2 N–H and O–H groups in total. The van der Waals surface area contributed by atoms with Gasteiger partial charge in [-0.1, -0.05) is 11.6 Å². The maximum atomic E-state index is 5.88. The minimum atomic E-state index is 0.613. The molecule has 0 aliphatic carbocycles. The van der Waals surface area contributed by atoms with Crippen LogP contribution in [0.25, 0.3) is 0 Å². The number of rotatable bonds is 4. The Kier molecular flexibility index (Phi) is 3.81. The van der Waals surface area contributed by atoms with Gasteiger partial charge in [-0.05, 0) is 19.1 Å². The zero-order valence-corrected chi connectivity index (χ0v) is 11.2. The van der Waals surface area contributed by atoms with Crippen molar-refractivity contribution < 1.29 is 0 Å². The predicted molar refractivity (Wildman–Crippen MR) is 73.0 cm³/mol. The molecular formula is C11H13ClN4S. The predicted octanol–water partition coefficient (Wildman–Crippen LogP) is 3.15.